The Morgan fingerprint density at radius 3 is 2.50 bits per heavy atom. The molecule has 0 unspecified atom stereocenters. The molecule has 104 valence electrons. The lowest BCUT2D eigenvalue weighted by atomic mass is 10.1. The number of nitrogens with zero attached hydrogens (tertiary/aromatic N) is 1. The predicted octanol–water partition coefficient (Wildman–Crippen LogP) is 4.89. The summed E-state index contributed by atoms with van der Waals surface area (Å²) in [7, 11) is 0. The Bertz CT molecular complexity index is 671. The van der Waals surface area contributed by atoms with Gasteiger partial charge in [0.2, 0.25) is 0 Å². The van der Waals surface area contributed by atoms with E-state index in [2.05, 4.69) is 4.98 Å². The molecule has 0 aliphatic rings. The van der Waals surface area contributed by atoms with E-state index in [0.717, 1.165) is 6.07 Å². The molecule has 0 bridgehead atoms. The molecule has 0 N–H and O–H groups in total. The third kappa shape index (κ3) is 2.78. The summed E-state index contributed by atoms with van der Waals surface area (Å²) in [6, 6.07) is 5.72. The summed E-state index contributed by atoms with van der Waals surface area (Å²) in [5, 5.41) is 0.414. The molecule has 20 heavy (non-hydrogen) atoms. The van der Waals surface area contributed by atoms with Gasteiger partial charge in [0.15, 0.2) is 6.29 Å². The monoisotopic (exact) mass is 319 g/mol. The minimum absolute atomic E-state index is 0.131. The van der Waals surface area contributed by atoms with Crippen molar-refractivity contribution in [2.24, 2.45) is 0 Å². The average Bonchev–Trinajstić information content (AvgIpc) is 2.40. The zero-order valence-corrected chi connectivity index (χ0v) is 11.2. The van der Waals surface area contributed by atoms with Crippen LogP contribution in [0.15, 0.2) is 30.5 Å². The third-order valence-corrected chi connectivity index (χ3v) is 3.41. The van der Waals surface area contributed by atoms with Gasteiger partial charge in [-0.25, -0.2) is 0 Å². The summed E-state index contributed by atoms with van der Waals surface area (Å²) < 4.78 is 38.0. The van der Waals surface area contributed by atoms with Crippen molar-refractivity contribution in [2.75, 3.05) is 0 Å². The van der Waals surface area contributed by atoms with Gasteiger partial charge in [0.1, 0.15) is 0 Å². The van der Waals surface area contributed by atoms with Crippen molar-refractivity contribution >= 4 is 29.5 Å². The molecule has 1 heterocycles. The molecular weight excluding hydrogens is 314 g/mol. The summed E-state index contributed by atoms with van der Waals surface area (Å²) in [6.07, 6.45) is -3.90. The van der Waals surface area contributed by atoms with Gasteiger partial charge in [-0.3, -0.25) is 9.78 Å². The first-order chi connectivity index (χ1) is 9.34. The van der Waals surface area contributed by atoms with Crippen LogP contribution in [0.5, 0.6) is 0 Å². The molecule has 0 spiro atoms. The van der Waals surface area contributed by atoms with Crippen molar-refractivity contribution in [1.29, 1.82) is 0 Å². The second kappa shape index (κ2) is 5.42. The van der Waals surface area contributed by atoms with E-state index in [4.69, 9.17) is 23.2 Å². The fourth-order valence-electron chi connectivity index (χ4n) is 1.65. The minimum atomic E-state index is -4.64. The highest BCUT2D eigenvalue weighted by molar-refractivity contribution is 6.43. The van der Waals surface area contributed by atoms with Crippen LogP contribution in [-0.4, -0.2) is 11.3 Å². The molecule has 1 aromatic heterocycles. The normalized spacial score (nSPS) is 11.4. The van der Waals surface area contributed by atoms with Crippen molar-refractivity contribution in [1.82, 2.24) is 4.98 Å². The Morgan fingerprint density at radius 2 is 1.90 bits per heavy atom. The fraction of sp³-hybridized carbons (Fsp3) is 0.0769. The molecule has 7 heteroatoms. The maximum atomic E-state index is 12.7. The van der Waals surface area contributed by atoms with Gasteiger partial charge < -0.3 is 0 Å². The van der Waals surface area contributed by atoms with Crippen LogP contribution >= 0.6 is 23.2 Å². The van der Waals surface area contributed by atoms with E-state index in [1.54, 1.807) is 12.1 Å². The lowest BCUT2D eigenvalue weighted by Gasteiger charge is -2.11. The Morgan fingerprint density at radius 1 is 1.20 bits per heavy atom. The molecule has 0 aliphatic heterocycles. The largest absolute Gasteiger partial charge is 0.418 e. The van der Waals surface area contributed by atoms with Crippen LogP contribution in [0.25, 0.3) is 11.3 Å². The SMILES string of the molecule is O=Cc1cc(-c2cccc(Cl)c2Cl)ncc1C(F)(F)F. The summed E-state index contributed by atoms with van der Waals surface area (Å²) in [5.41, 5.74) is -1.09. The van der Waals surface area contributed by atoms with Crippen molar-refractivity contribution in [2.45, 2.75) is 6.18 Å². The molecular formula is C13H6Cl2F3NO. The molecule has 2 nitrogen and oxygen atoms in total. The number of carbonyl (C=O) groups is 1. The van der Waals surface area contributed by atoms with E-state index < -0.39 is 17.3 Å². The Kier molecular flexibility index (Phi) is 4.01. The van der Waals surface area contributed by atoms with Crippen LogP contribution in [-0.2, 0) is 6.18 Å². The Hall–Kier alpha value is -1.59. The van der Waals surface area contributed by atoms with Crippen LogP contribution in [0.2, 0.25) is 10.0 Å². The molecule has 0 saturated heterocycles. The lowest BCUT2D eigenvalue weighted by molar-refractivity contribution is -0.138. The first kappa shape index (κ1) is 14.8. The topological polar surface area (TPSA) is 30.0 Å². The van der Waals surface area contributed by atoms with Gasteiger partial charge in [0, 0.05) is 17.3 Å². The molecule has 2 aromatic rings. The van der Waals surface area contributed by atoms with E-state index in [1.807, 2.05) is 0 Å². The number of hydrogen-bond donors (Lipinski definition) is 0. The number of hydrogen-bond acceptors (Lipinski definition) is 2. The molecule has 0 radical (unpaired) electrons. The van der Waals surface area contributed by atoms with E-state index in [0.29, 0.717) is 11.8 Å². The van der Waals surface area contributed by atoms with Gasteiger partial charge in [-0.2, -0.15) is 13.2 Å². The second-order valence-electron chi connectivity index (χ2n) is 3.87. The number of halogens is 5. The highest BCUT2D eigenvalue weighted by Crippen LogP contribution is 2.35. The van der Waals surface area contributed by atoms with Gasteiger partial charge in [0.25, 0.3) is 0 Å². The third-order valence-electron chi connectivity index (χ3n) is 2.60. The molecule has 0 atom stereocenters. The van der Waals surface area contributed by atoms with Crippen LogP contribution in [0.4, 0.5) is 13.2 Å². The predicted molar refractivity (Wildman–Crippen MR) is 70.1 cm³/mol. The Labute approximate surface area is 122 Å². The van der Waals surface area contributed by atoms with Crippen LogP contribution in [0.1, 0.15) is 15.9 Å². The lowest BCUT2D eigenvalue weighted by Crippen LogP contribution is -2.10. The van der Waals surface area contributed by atoms with Gasteiger partial charge in [-0.15, -0.1) is 0 Å². The summed E-state index contributed by atoms with van der Waals surface area (Å²) >= 11 is 11.8. The maximum absolute atomic E-state index is 12.7. The van der Waals surface area contributed by atoms with Crippen LogP contribution < -0.4 is 0 Å². The molecule has 1 aromatic carbocycles. The van der Waals surface area contributed by atoms with Crippen molar-refractivity contribution in [3.05, 3.63) is 51.6 Å². The number of benzene rings is 1. The first-order valence-electron chi connectivity index (χ1n) is 5.31. The number of aromatic nitrogens is 1. The molecule has 2 rings (SSSR count). The molecule has 0 aliphatic carbocycles. The summed E-state index contributed by atoms with van der Waals surface area (Å²) in [5.74, 6) is 0. The summed E-state index contributed by atoms with van der Waals surface area (Å²) in [4.78, 5) is 14.5. The van der Waals surface area contributed by atoms with Gasteiger partial charge in [-0.05, 0) is 12.1 Å². The van der Waals surface area contributed by atoms with Crippen molar-refractivity contribution < 1.29 is 18.0 Å². The summed E-state index contributed by atoms with van der Waals surface area (Å²) in [6.45, 7) is 0. The number of alkyl halides is 3. The van der Waals surface area contributed by atoms with Gasteiger partial charge in [-0.1, -0.05) is 35.3 Å². The fourth-order valence-corrected chi connectivity index (χ4v) is 2.05. The standard InChI is InChI=1S/C13H6Cl2F3NO/c14-10-3-1-2-8(12(10)15)11-4-7(6-20)9(5-19-11)13(16,17)18/h1-6H. The van der Waals surface area contributed by atoms with E-state index >= 15 is 0 Å². The minimum Gasteiger partial charge on any atom is -0.298 e. The first-order valence-corrected chi connectivity index (χ1v) is 6.07. The number of rotatable bonds is 2. The highest BCUT2D eigenvalue weighted by Gasteiger charge is 2.34. The van der Waals surface area contributed by atoms with Crippen LogP contribution in [0, 0.1) is 0 Å². The van der Waals surface area contributed by atoms with Gasteiger partial charge in [0.05, 0.1) is 21.3 Å². The van der Waals surface area contributed by atoms with E-state index in [9.17, 15) is 18.0 Å². The molecule has 0 amide bonds. The quantitative estimate of drug-likeness (QED) is 0.738. The van der Waals surface area contributed by atoms with Crippen molar-refractivity contribution in [3.8, 4) is 11.3 Å². The average molecular weight is 320 g/mol. The number of aldehydes is 1. The second-order valence-corrected chi connectivity index (χ2v) is 4.66. The highest BCUT2D eigenvalue weighted by atomic mass is 35.5. The number of pyridine rings is 1. The van der Waals surface area contributed by atoms with Crippen LogP contribution in [0.3, 0.4) is 0 Å². The van der Waals surface area contributed by atoms with E-state index in [-0.39, 0.29) is 22.0 Å². The number of carbonyl (C=O) groups excluding carboxylic acids is 1. The molecule has 0 saturated carbocycles. The van der Waals surface area contributed by atoms with Crippen molar-refractivity contribution in [3.63, 3.8) is 0 Å². The molecule has 0 fully saturated rings. The zero-order valence-electron chi connectivity index (χ0n) is 9.71. The zero-order chi connectivity index (χ0) is 14.9. The smallest absolute Gasteiger partial charge is 0.298 e. The Balaban J connectivity index is 2.61. The maximum Gasteiger partial charge on any atom is 0.418 e. The van der Waals surface area contributed by atoms with Gasteiger partial charge >= 0.3 is 6.18 Å². The van der Waals surface area contributed by atoms with E-state index in [1.165, 1.54) is 6.07 Å².